The third-order valence-electron chi connectivity index (χ3n) is 3.57. The Morgan fingerprint density at radius 1 is 1.13 bits per heavy atom. The summed E-state index contributed by atoms with van der Waals surface area (Å²) in [6.07, 6.45) is 0.838. The summed E-state index contributed by atoms with van der Waals surface area (Å²) in [6.45, 7) is 2.71. The van der Waals surface area contributed by atoms with Crippen molar-refractivity contribution in [3.05, 3.63) is 65.9 Å². The quantitative estimate of drug-likeness (QED) is 0.339. The summed E-state index contributed by atoms with van der Waals surface area (Å²) in [5.41, 5.74) is 10.4. The molecule has 3 aromatic rings. The predicted molar refractivity (Wildman–Crippen MR) is 109 cm³/mol. The van der Waals surface area contributed by atoms with E-state index in [1.54, 1.807) is 0 Å². The number of benzene rings is 2. The van der Waals surface area contributed by atoms with Crippen LogP contribution in [0.25, 0.3) is 10.9 Å². The summed E-state index contributed by atoms with van der Waals surface area (Å²) in [5, 5.41) is 4.33. The Bertz CT molecular complexity index is 757. The highest BCUT2D eigenvalue weighted by atomic mass is 127. The van der Waals surface area contributed by atoms with Gasteiger partial charge in [0.15, 0.2) is 5.96 Å². The fraction of sp³-hybridized carbons (Fsp3) is 0.167. The normalized spacial score (nSPS) is 11.3. The Hall–Kier alpha value is -2.02. The number of anilines is 1. The number of nitrogens with two attached hydrogens (primary N) is 1. The van der Waals surface area contributed by atoms with Gasteiger partial charge < -0.3 is 16.0 Å². The maximum Gasteiger partial charge on any atom is 0.193 e. The summed E-state index contributed by atoms with van der Waals surface area (Å²) in [7, 11) is 0. The molecule has 120 valence electrons. The molecule has 0 bridgehead atoms. The molecule has 0 atom stereocenters. The van der Waals surface area contributed by atoms with Gasteiger partial charge in [0.05, 0.1) is 0 Å². The summed E-state index contributed by atoms with van der Waals surface area (Å²) in [6, 6.07) is 18.5. The predicted octanol–water partition coefficient (Wildman–Crippen LogP) is 4.06. The lowest BCUT2D eigenvalue weighted by atomic mass is 10.2. The Kier molecular flexibility index (Phi) is 6.04. The Morgan fingerprint density at radius 3 is 2.61 bits per heavy atom. The van der Waals surface area contributed by atoms with Crippen molar-refractivity contribution >= 4 is 46.5 Å². The lowest BCUT2D eigenvalue weighted by Crippen LogP contribution is -2.23. The fourth-order valence-electron chi connectivity index (χ4n) is 2.39. The minimum Gasteiger partial charge on any atom is -0.370 e. The van der Waals surface area contributed by atoms with E-state index >= 15 is 0 Å². The number of guanidine groups is 1. The minimum atomic E-state index is 0. The summed E-state index contributed by atoms with van der Waals surface area (Å²) in [4.78, 5) is 7.77. The number of halogens is 1. The number of aryl methyl sites for hydroxylation is 1. The molecule has 0 unspecified atom stereocenters. The number of aromatic amines is 1. The Morgan fingerprint density at radius 2 is 1.87 bits per heavy atom. The first-order valence-corrected chi connectivity index (χ1v) is 7.41. The molecule has 0 fully saturated rings. The molecule has 5 heteroatoms. The van der Waals surface area contributed by atoms with Gasteiger partial charge in [-0.2, -0.15) is 0 Å². The van der Waals surface area contributed by atoms with Gasteiger partial charge >= 0.3 is 0 Å². The number of fused-ring (bicyclic) bond motifs is 1. The van der Waals surface area contributed by atoms with Crippen LogP contribution in [0.1, 0.15) is 11.3 Å². The van der Waals surface area contributed by atoms with Crippen LogP contribution in [-0.4, -0.2) is 17.5 Å². The molecule has 1 aromatic heterocycles. The van der Waals surface area contributed by atoms with Crippen LogP contribution in [0.5, 0.6) is 0 Å². The molecule has 4 N–H and O–H groups in total. The molecule has 0 spiro atoms. The zero-order valence-corrected chi connectivity index (χ0v) is 15.4. The van der Waals surface area contributed by atoms with Crippen molar-refractivity contribution in [2.75, 3.05) is 11.9 Å². The third-order valence-corrected chi connectivity index (χ3v) is 3.57. The van der Waals surface area contributed by atoms with E-state index in [1.165, 1.54) is 16.6 Å². The van der Waals surface area contributed by atoms with E-state index in [1.807, 2.05) is 36.4 Å². The largest absolute Gasteiger partial charge is 0.370 e. The number of hydrogen-bond acceptors (Lipinski definition) is 1. The van der Waals surface area contributed by atoms with Crippen LogP contribution in [0.15, 0.2) is 59.6 Å². The van der Waals surface area contributed by atoms with Crippen LogP contribution in [0.2, 0.25) is 0 Å². The Balaban J connectivity index is 0.00000192. The summed E-state index contributed by atoms with van der Waals surface area (Å²) in [5.74, 6) is 0.444. The minimum absolute atomic E-state index is 0. The van der Waals surface area contributed by atoms with Gasteiger partial charge in [0.25, 0.3) is 0 Å². The highest BCUT2D eigenvalue weighted by Gasteiger charge is 2.00. The zero-order valence-electron chi connectivity index (χ0n) is 13.0. The number of para-hydroxylation sites is 1. The van der Waals surface area contributed by atoms with Crippen molar-refractivity contribution < 1.29 is 0 Å². The van der Waals surface area contributed by atoms with Crippen molar-refractivity contribution in [3.8, 4) is 0 Å². The van der Waals surface area contributed by atoms with E-state index in [-0.39, 0.29) is 24.0 Å². The molecule has 0 aliphatic carbocycles. The van der Waals surface area contributed by atoms with Gasteiger partial charge in [-0.1, -0.05) is 35.9 Å². The van der Waals surface area contributed by atoms with E-state index in [9.17, 15) is 0 Å². The SMILES string of the molecule is Cc1ccc(NC(N)=NCCc2cc3ccccc3[nH]2)cc1.I. The van der Waals surface area contributed by atoms with Gasteiger partial charge in [0, 0.05) is 29.9 Å². The highest BCUT2D eigenvalue weighted by molar-refractivity contribution is 14.0. The molecule has 0 aliphatic rings. The third kappa shape index (κ3) is 4.72. The van der Waals surface area contributed by atoms with E-state index < -0.39 is 0 Å². The number of hydrogen-bond donors (Lipinski definition) is 3. The van der Waals surface area contributed by atoms with Crippen LogP contribution < -0.4 is 11.1 Å². The first-order chi connectivity index (χ1) is 10.7. The highest BCUT2D eigenvalue weighted by Crippen LogP contribution is 2.15. The number of aromatic nitrogens is 1. The molecule has 1 heterocycles. The van der Waals surface area contributed by atoms with Crippen molar-refractivity contribution in [2.24, 2.45) is 10.7 Å². The fourth-order valence-corrected chi connectivity index (χ4v) is 2.39. The van der Waals surface area contributed by atoms with Gasteiger partial charge in [-0.15, -0.1) is 24.0 Å². The van der Waals surface area contributed by atoms with Crippen molar-refractivity contribution in [3.63, 3.8) is 0 Å². The van der Waals surface area contributed by atoms with Crippen molar-refractivity contribution in [2.45, 2.75) is 13.3 Å². The molecular weight excluding hydrogens is 399 g/mol. The zero-order chi connectivity index (χ0) is 15.4. The molecule has 2 aromatic carbocycles. The molecule has 0 radical (unpaired) electrons. The van der Waals surface area contributed by atoms with E-state index in [4.69, 9.17) is 5.73 Å². The van der Waals surface area contributed by atoms with Gasteiger partial charge in [0.1, 0.15) is 0 Å². The first kappa shape index (κ1) is 17.3. The second-order valence-corrected chi connectivity index (χ2v) is 5.39. The maximum atomic E-state index is 5.91. The van der Waals surface area contributed by atoms with E-state index in [0.29, 0.717) is 12.5 Å². The maximum absolute atomic E-state index is 5.91. The molecular formula is C18H21IN4. The average molecular weight is 420 g/mol. The number of nitrogens with one attached hydrogen (secondary N) is 2. The van der Waals surface area contributed by atoms with Crippen LogP contribution in [-0.2, 0) is 6.42 Å². The molecule has 0 amide bonds. The van der Waals surface area contributed by atoms with Crippen LogP contribution in [0, 0.1) is 6.92 Å². The van der Waals surface area contributed by atoms with Crippen molar-refractivity contribution in [1.29, 1.82) is 0 Å². The van der Waals surface area contributed by atoms with Gasteiger partial charge in [0.2, 0.25) is 0 Å². The standard InChI is InChI=1S/C18H20N4.HI/c1-13-6-8-15(9-7-13)22-18(19)20-11-10-16-12-14-4-2-3-5-17(14)21-16;/h2-9,12,21H,10-11H2,1H3,(H3,19,20,22);1H. The monoisotopic (exact) mass is 420 g/mol. The van der Waals surface area contributed by atoms with Gasteiger partial charge in [-0.05, 0) is 36.6 Å². The smallest absolute Gasteiger partial charge is 0.193 e. The molecule has 0 saturated heterocycles. The molecule has 3 rings (SSSR count). The second kappa shape index (κ2) is 8.01. The summed E-state index contributed by atoms with van der Waals surface area (Å²) >= 11 is 0. The topological polar surface area (TPSA) is 66.2 Å². The van der Waals surface area contributed by atoms with E-state index in [0.717, 1.165) is 17.6 Å². The van der Waals surface area contributed by atoms with E-state index in [2.05, 4.69) is 40.4 Å². The average Bonchev–Trinajstić information content (AvgIpc) is 2.92. The van der Waals surface area contributed by atoms with Crippen LogP contribution in [0.4, 0.5) is 5.69 Å². The molecule has 0 aliphatic heterocycles. The van der Waals surface area contributed by atoms with Crippen LogP contribution >= 0.6 is 24.0 Å². The number of H-pyrrole nitrogens is 1. The lowest BCUT2D eigenvalue weighted by molar-refractivity contribution is 0.937. The molecule has 4 nitrogen and oxygen atoms in total. The van der Waals surface area contributed by atoms with Crippen molar-refractivity contribution in [1.82, 2.24) is 4.98 Å². The first-order valence-electron chi connectivity index (χ1n) is 7.41. The van der Waals surface area contributed by atoms with Crippen LogP contribution in [0.3, 0.4) is 0 Å². The number of nitrogens with zero attached hydrogens (tertiary/aromatic N) is 1. The number of aliphatic imine (C=N–C) groups is 1. The lowest BCUT2D eigenvalue weighted by Gasteiger charge is -2.05. The van der Waals surface area contributed by atoms with Gasteiger partial charge in [-0.25, -0.2) is 0 Å². The van der Waals surface area contributed by atoms with Gasteiger partial charge in [-0.3, -0.25) is 4.99 Å². The Labute approximate surface area is 153 Å². The molecule has 0 saturated carbocycles. The summed E-state index contributed by atoms with van der Waals surface area (Å²) < 4.78 is 0. The molecule has 23 heavy (non-hydrogen) atoms. The number of rotatable bonds is 4. The second-order valence-electron chi connectivity index (χ2n) is 5.39.